The average Bonchev–Trinajstić information content (AvgIpc) is 3.20. The van der Waals surface area contributed by atoms with E-state index in [0.29, 0.717) is 12.1 Å². The number of nitrogens with zero attached hydrogens (tertiary/aromatic N) is 4. The van der Waals surface area contributed by atoms with Gasteiger partial charge in [-0.05, 0) is 18.9 Å². The molecule has 1 unspecified atom stereocenters. The van der Waals surface area contributed by atoms with Crippen LogP contribution >= 0.6 is 0 Å². The largest absolute Gasteiger partial charge is 0.376 e. The summed E-state index contributed by atoms with van der Waals surface area (Å²) in [4.78, 5) is 13.9. The molecule has 0 saturated carbocycles. The predicted octanol–water partition coefficient (Wildman–Crippen LogP) is 1.72. The van der Waals surface area contributed by atoms with Gasteiger partial charge in [-0.25, -0.2) is 9.07 Å². The first kappa shape index (κ1) is 15.6. The van der Waals surface area contributed by atoms with Crippen LogP contribution in [0, 0.1) is 5.82 Å². The summed E-state index contributed by atoms with van der Waals surface area (Å²) in [5, 5.41) is 7.81. The zero-order chi connectivity index (χ0) is 16.2. The molecule has 1 amide bonds. The second kappa shape index (κ2) is 6.87. The molecule has 2 aromatic rings. The number of benzene rings is 1. The maximum atomic E-state index is 13.6. The van der Waals surface area contributed by atoms with Gasteiger partial charge in [0.1, 0.15) is 5.82 Å². The number of aromatic nitrogens is 3. The molecular formula is C16H19FN4O2. The molecule has 1 saturated heterocycles. The zero-order valence-corrected chi connectivity index (χ0v) is 13.0. The summed E-state index contributed by atoms with van der Waals surface area (Å²) in [5.74, 6) is -0.508. The number of hydrogen-bond donors (Lipinski definition) is 0. The highest BCUT2D eigenvalue weighted by atomic mass is 19.1. The molecular weight excluding hydrogens is 299 g/mol. The fourth-order valence-corrected chi connectivity index (χ4v) is 2.65. The van der Waals surface area contributed by atoms with E-state index in [9.17, 15) is 9.18 Å². The van der Waals surface area contributed by atoms with E-state index in [-0.39, 0.29) is 30.1 Å². The summed E-state index contributed by atoms with van der Waals surface area (Å²) in [5.41, 5.74) is 0.756. The fraction of sp³-hybridized carbons (Fsp3) is 0.438. The Morgan fingerprint density at radius 2 is 2.30 bits per heavy atom. The molecule has 0 N–H and O–H groups in total. The molecule has 3 rings (SSSR count). The van der Waals surface area contributed by atoms with Crippen molar-refractivity contribution < 1.29 is 13.9 Å². The van der Waals surface area contributed by atoms with Crippen LogP contribution in [-0.2, 0) is 11.3 Å². The number of amides is 1. The van der Waals surface area contributed by atoms with Crippen LogP contribution in [-0.4, -0.2) is 52.1 Å². The predicted molar refractivity (Wildman–Crippen MR) is 81.5 cm³/mol. The monoisotopic (exact) mass is 318 g/mol. The van der Waals surface area contributed by atoms with Crippen LogP contribution in [0.4, 0.5) is 4.39 Å². The first-order valence-electron chi connectivity index (χ1n) is 7.64. The highest BCUT2D eigenvalue weighted by Gasteiger charge is 2.22. The summed E-state index contributed by atoms with van der Waals surface area (Å²) in [6.07, 6.45) is 3.64. The molecule has 6 nitrogen and oxygen atoms in total. The quantitative estimate of drug-likeness (QED) is 0.842. The first-order valence-corrected chi connectivity index (χ1v) is 7.64. The van der Waals surface area contributed by atoms with E-state index in [4.69, 9.17) is 4.74 Å². The Hall–Kier alpha value is -2.28. The summed E-state index contributed by atoms with van der Waals surface area (Å²) >= 11 is 0. The van der Waals surface area contributed by atoms with Crippen molar-refractivity contribution in [1.29, 1.82) is 0 Å². The molecule has 1 aliphatic heterocycles. The number of carbonyl (C=O) groups is 1. The van der Waals surface area contributed by atoms with Gasteiger partial charge < -0.3 is 9.64 Å². The van der Waals surface area contributed by atoms with Crippen LogP contribution < -0.4 is 0 Å². The van der Waals surface area contributed by atoms with Crippen LogP contribution in [0.2, 0.25) is 0 Å². The zero-order valence-electron chi connectivity index (χ0n) is 13.0. The maximum Gasteiger partial charge on any atom is 0.275 e. The lowest BCUT2D eigenvalue weighted by Gasteiger charge is -2.19. The Labute approximate surface area is 133 Å². The topological polar surface area (TPSA) is 60.2 Å². The molecule has 0 spiro atoms. The molecule has 1 fully saturated rings. The van der Waals surface area contributed by atoms with Crippen molar-refractivity contribution in [2.45, 2.75) is 25.5 Å². The first-order chi connectivity index (χ1) is 11.1. The van der Waals surface area contributed by atoms with Gasteiger partial charge in [-0.1, -0.05) is 23.4 Å². The minimum Gasteiger partial charge on any atom is -0.376 e. The maximum absolute atomic E-state index is 13.6. The summed E-state index contributed by atoms with van der Waals surface area (Å²) in [7, 11) is 1.72. The lowest BCUT2D eigenvalue weighted by atomic mass is 10.2. The molecule has 0 radical (unpaired) electrons. The molecule has 23 heavy (non-hydrogen) atoms. The standard InChI is InChI=1S/C16H19FN4O2/c1-20(10-13-6-4-8-23-13)16(22)15-11-21(19-18-15)9-12-5-2-3-7-14(12)17/h2-3,5,7,11,13H,4,6,8-10H2,1H3. The molecule has 1 aromatic carbocycles. The van der Waals surface area contributed by atoms with E-state index in [0.717, 1.165) is 19.4 Å². The highest BCUT2D eigenvalue weighted by Crippen LogP contribution is 2.14. The van der Waals surface area contributed by atoms with E-state index in [1.165, 1.54) is 10.7 Å². The SMILES string of the molecule is CN(CC1CCCO1)C(=O)c1cn(Cc2ccccc2F)nn1. The smallest absolute Gasteiger partial charge is 0.275 e. The molecule has 1 aliphatic rings. The lowest BCUT2D eigenvalue weighted by molar-refractivity contribution is 0.0582. The van der Waals surface area contributed by atoms with Crippen molar-refractivity contribution in [2.75, 3.05) is 20.2 Å². The van der Waals surface area contributed by atoms with Gasteiger partial charge in [-0.2, -0.15) is 0 Å². The average molecular weight is 318 g/mol. The Morgan fingerprint density at radius 3 is 3.04 bits per heavy atom. The van der Waals surface area contributed by atoms with Gasteiger partial charge in [0.05, 0.1) is 18.8 Å². The van der Waals surface area contributed by atoms with E-state index in [1.54, 1.807) is 36.3 Å². The number of ether oxygens (including phenoxy) is 1. The van der Waals surface area contributed by atoms with Gasteiger partial charge in [-0.3, -0.25) is 4.79 Å². The van der Waals surface area contributed by atoms with Crippen LogP contribution in [0.1, 0.15) is 28.9 Å². The third-order valence-corrected chi connectivity index (χ3v) is 3.90. The lowest BCUT2D eigenvalue weighted by Crippen LogP contribution is -2.34. The Kier molecular flexibility index (Phi) is 4.66. The van der Waals surface area contributed by atoms with Gasteiger partial charge >= 0.3 is 0 Å². The number of rotatable bonds is 5. The van der Waals surface area contributed by atoms with E-state index in [2.05, 4.69) is 10.3 Å². The number of halogens is 1. The van der Waals surface area contributed by atoms with E-state index < -0.39 is 0 Å². The third-order valence-electron chi connectivity index (χ3n) is 3.90. The molecule has 1 aromatic heterocycles. The van der Waals surface area contributed by atoms with Gasteiger partial charge in [-0.15, -0.1) is 5.10 Å². The van der Waals surface area contributed by atoms with Crippen LogP contribution in [0.15, 0.2) is 30.5 Å². The van der Waals surface area contributed by atoms with Crippen molar-refractivity contribution >= 4 is 5.91 Å². The summed E-state index contributed by atoms with van der Waals surface area (Å²) in [6, 6.07) is 6.47. The van der Waals surface area contributed by atoms with Crippen molar-refractivity contribution in [3.63, 3.8) is 0 Å². The molecule has 7 heteroatoms. The normalized spacial score (nSPS) is 17.4. The molecule has 0 bridgehead atoms. The summed E-state index contributed by atoms with van der Waals surface area (Å²) in [6.45, 7) is 1.53. The van der Waals surface area contributed by atoms with Crippen molar-refractivity contribution in [3.05, 3.63) is 47.5 Å². The Bertz CT molecular complexity index is 682. The number of carbonyl (C=O) groups excluding carboxylic acids is 1. The summed E-state index contributed by atoms with van der Waals surface area (Å²) < 4.78 is 20.6. The van der Waals surface area contributed by atoms with Crippen molar-refractivity contribution in [3.8, 4) is 0 Å². The number of hydrogen-bond acceptors (Lipinski definition) is 4. The van der Waals surface area contributed by atoms with Crippen molar-refractivity contribution in [1.82, 2.24) is 19.9 Å². The fourth-order valence-electron chi connectivity index (χ4n) is 2.65. The Balaban J connectivity index is 1.64. The van der Waals surface area contributed by atoms with Crippen LogP contribution in [0.3, 0.4) is 0 Å². The van der Waals surface area contributed by atoms with Crippen molar-refractivity contribution in [2.24, 2.45) is 0 Å². The molecule has 2 heterocycles. The molecule has 1 atom stereocenters. The van der Waals surface area contributed by atoms with Gasteiger partial charge in [0.25, 0.3) is 5.91 Å². The third kappa shape index (κ3) is 3.73. The van der Waals surface area contributed by atoms with Gasteiger partial charge in [0, 0.05) is 25.8 Å². The van der Waals surface area contributed by atoms with Gasteiger partial charge in [0.2, 0.25) is 0 Å². The minimum absolute atomic E-state index is 0.0948. The number of likely N-dealkylation sites (N-methyl/N-ethyl adjacent to an activating group) is 1. The van der Waals surface area contributed by atoms with E-state index in [1.807, 2.05) is 0 Å². The second-order valence-corrected chi connectivity index (χ2v) is 5.71. The molecule has 122 valence electrons. The minimum atomic E-state index is -0.300. The molecule has 0 aliphatic carbocycles. The van der Waals surface area contributed by atoms with Crippen LogP contribution in [0.5, 0.6) is 0 Å². The van der Waals surface area contributed by atoms with Crippen LogP contribution in [0.25, 0.3) is 0 Å². The highest BCUT2D eigenvalue weighted by molar-refractivity contribution is 5.91. The van der Waals surface area contributed by atoms with Gasteiger partial charge in [0.15, 0.2) is 5.69 Å². The van der Waals surface area contributed by atoms with E-state index >= 15 is 0 Å². The second-order valence-electron chi connectivity index (χ2n) is 5.71. The Morgan fingerprint density at radius 1 is 1.48 bits per heavy atom.